The molecule has 0 bridgehead atoms. The molecule has 13 heavy (non-hydrogen) atoms. The molecule has 4 nitrogen and oxygen atoms in total. The van der Waals surface area contributed by atoms with E-state index >= 15 is 0 Å². The summed E-state index contributed by atoms with van der Waals surface area (Å²) in [5.41, 5.74) is -0.163. The van der Waals surface area contributed by atoms with Crippen molar-refractivity contribution in [1.82, 2.24) is 9.55 Å². The minimum atomic E-state index is -0.163. The highest BCUT2D eigenvalue weighted by atomic mass is 16.1. The van der Waals surface area contributed by atoms with Crippen molar-refractivity contribution >= 4 is 5.78 Å². The van der Waals surface area contributed by atoms with Crippen molar-refractivity contribution in [3.8, 4) is 0 Å². The summed E-state index contributed by atoms with van der Waals surface area (Å²) in [4.78, 5) is 26.3. The Morgan fingerprint density at radius 2 is 2.38 bits per heavy atom. The van der Waals surface area contributed by atoms with Crippen LogP contribution in [-0.2, 0) is 11.3 Å². The molecule has 0 radical (unpaired) electrons. The smallest absolute Gasteiger partial charge is 0.253 e. The first kappa shape index (κ1) is 8.16. The van der Waals surface area contributed by atoms with Gasteiger partial charge in [0.25, 0.3) is 5.56 Å². The fraction of sp³-hybridized carbons (Fsp3) is 0.444. The molecule has 1 aromatic rings. The zero-order chi connectivity index (χ0) is 9.26. The highest BCUT2D eigenvalue weighted by Gasteiger charge is 2.29. The monoisotopic (exact) mass is 178 g/mol. The zero-order valence-electron chi connectivity index (χ0n) is 7.14. The summed E-state index contributed by atoms with van der Waals surface area (Å²) in [6, 6.07) is 1.36. The van der Waals surface area contributed by atoms with Gasteiger partial charge in [-0.25, -0.2) is 4.98 Å². The van der Waals surface area contributed by atoms with Crippen molar-refractivity contribution in [2.45, 2.75) is 19.4 Å². The standard InChI is InChI=1S/C9H10N2O2/c12-8(7-1-2-7)5-11-6-10-4-3-9(11)13/h3-4,6-7H,1-2,5H2. The molecule has 1 aliphatic carbocycles. The average Bonchev–Trinajstić information content (AvgIpc) is 2.91. The zero-order valence-corrected chi connectivity index (χ0v) is 7.14. The van der Waals surface area contributed by atoms with Gasteiger partial charge in [-0.2, -0.15) is 0 Å². The number of hydrogen-bond donors (Lipinski definition) is 0. The van der Waals surface area contributed by atoms with Crippen molar-refractivity contribution in [3.05, 3.63) is 28.9 Å². The fourth-order valence-corrected chi connectivity index (χ4v) is 1.20. The predicted octanol–water partition coefficient (Wildman–Crippen LogP) is 0.222. The first-order valence-electron chi connectivity index (χ1n) is 4.30. The summed E-state index contributed by atoms with van der Waals surface area (Å²) in [6.07, 6.45) is 4.80. The van der Waals surface area contributed by atoms with E-state index in [1.54, 1.807) is 0 Å². The largest absolute Gasteiger partial charge is 0.297 e. The number of nitrogens with zero attached hydrogens (tertiary/aromatic N) is 2. The Hall–Kier alpha value is -1.45. The Morgan fingerprint density at radius 3 is 3.00 bits per heavy atom. The number of Topliss-reactive ketones (excluding diaryl/α,β-unsaturated/α-hetero) is 1. The third-order valence-electron chi connectivity index (χ3n) is 2.15. The second-order valence-electron chi connectivity index (χ2n) is 3.29. The first-order chi connectivity index (χ1) is 6.27. The molecule has 0 amide bonds. The molecule has 0 aliphatic heterocycles. The van der Waals surface area contributed by atoms with E-state index in [-0.39, 0.29) is 23.8 Å². The van der Waals surface area contributed by atoms with E-state index in [1.165, 1.54) is 23.2 Å². The molecule has 0 spiro atoms. The Kier molecular flexibility index (Phi) is 1.96. The Bertz CT molecular complexity index is 379. The average molecular weight is 178 g/mol. The molecular formula is C9H10N2O2. The maximum atomic E-state index is 11.3. The highest BCUT2D eigenvalue weighted by molar-refractivity contribution is 5.82. The molecule has 0 unspecified atom stereocenters. The minimum Gasteiger partial charge on any atom is -0.297 e. The maximum absolute atomic E-state index is 11.3. The molecule has 1 aliphatic rings. The maximum Gasteiger partial charge on any atom is 0.253 e. The van der Waals surface area contributed by atoms with Crippen LogP contribution in [0.4, 0.5) is 0 Å². The van der Waals surface area contributed by atoms with Crippen LogP contribution in [0.15, 0.2) is 23.4 Å². The van der Waals surface area contributed by atoms with E-state index in [1.807, 2.05) is 0 Å². The second kappa shape index (κ2) is 3.12. The van der Waals surface area contributed by atoms with Gasteiger partial charge in [-0.05, 0) is 12.8 Å². The molecule has 1 fully saturated rings. The van der Waals surface area contributed by atoms with Crippen LogP contribution in [0.25, 0.3) is 0 Å². The van der Waals surface area contributed by atoms with Gasteiger partial charge in [0.05, 0.1) is 12.9 Å². The topological polar surface area (TPSA) is 52.0 Å². The molecule has 0 N–H and O–H groups in total. The predicted molar refractivity (Wildman–Crippen MR) is 46.2 cm³/mol. The lowest BCUT2D eigenvalue weighted by molar-refractivity contribution is -0.120. The quantitative estimate of drug-likeness (QED) is 0.665. The van der Waals surface area contributed by atoms with Crippen molar-refractivity contribution in [1.29, 1.82) is 0 Å². The molecule has 1 saturated carbocycles. The fourth-order valence-electron chi connectivity index (χ4n) is 1.20. The lowest BCUT2D eigenvalue weighted by atomic mass is 10.2. The lowest BCUT2D eigenvalue weighted by Crippen LogP contribution is -2.23. The van der Waals surface area contributed by atoms with Crippen LogP contribution in [0, 0.1) is 5.92 Å². The van der Waals surface area contributed by atoms with E-state index in [4.69, 9.17) is 0 Å². The van der Waals surface area contributed by atoms with E-state index in [0.717, 1.165) is 12.8 Å². The van der Waals surface area contributed by atoms with E-state index in [0.29, 0.717) is 0 Å². The van der Waals surface area contributed by atoms with Crippen LogP contribution >= 0.6 is 0 Å². The van der Waals surface area contributed by atoms with Gasteiger partial charge >= 0.3 is 0 Å². The number of rotatable bonds is 3. The molecule has 0 atom stereocenters. The summed E-state index contributed by atoms with van der Waals surface area (Å²) in [7, 11) is 0. The summed E-state index contributed by atoms with van der Waals surface area (Å²) in [5, 5.41) is 0. The minimum absolute atomic E-state index is 0.148. The van der Waals surface area contributed by atoms with Crippen LogP contribution in [0.5, 0.6) is 0 Å². The van der Waals surface area contributed by atoms with E-state index in [2.05, 4.69) is 4.98 Å². The summed E-state index contributed by atoms with van der Waals surface area (Å²) in [5.74, 6) is 0.349. The van der Waals surface area contributed by atoms with Crippen LogP contribution in [0.2, 0.25) is 0 Å². The van der Waals surface area contributed by atoms with E-state index < -0.39 is 0 Å². The molecule has 0 saturated heterocycles. The van der Waals surface area contributed by atoms with Crippen LogP contribution in [0.1, 0.15) is 12.8 Å². The molecule has 1 heterocycles. The van der Waals surface area contributed by atoms with Gasteiger partial charge in [0.2, 0.25) is 0 Å². The number of carbonyl (C=O) groups is 1. The normalized spacial score (nSPS) is 15.7. The molecule has 2 rings (SSSR count). The van der Waals surface area contributed by atoms with E-state index in [9.17, 15) is 9.59 Å². The third kappa shape index (κ3) is 1.83. The summed E-state index contributed by atoms with van der Waals surface area (Å²) < 4.78 is 1.35. The van der Waals surface area contributed by atoms with Gasteiger partial charge in [-0.3, -0.25) is 14.2 Å². The number of hydrogen-bond acceptors (Lipinski definition) is 3. The molecule has 68 valence electrons. The van der Waals surface area contributed by atoms with Crippen LogP contribution < -0.4 is 5.56 Å². The van der Waals surface area contributed by atoms with Gasteiger partial charge in [-0.1, -0.05) is 0 Å². The van der Waals surface area contributed by atoms with Gasteiger partial charge in [0, 0.05) is 18.2 Å². The van der Waals surface area contributed by atoms with Gasteiger partial charge < -0.3 is 0 Å². The Balaban J connectivity index is 2.13. The van der Waals surface area contributed by atoms with Crippen molar-refractivity contribution < 1.29 is 4.79 Å². The van der Waals surface area contributed by atoms with Gasteiger partial charge in [0.15, 0.2) is 5.78 Å². The third-order valence-corrected chi connectivity index (χ3v) is 2.15. The van der Waals surface area contributed by atoms with Crippen molar-refractivity contribution in [3.63, 3.8) is 0 Å². The first-order valence-corrected chi connectivity index (χ1v) is 4.30. The molecule has 4 heteroatoms. The number of carbonyl (C=O) groups excluding carboxylic acids is 1. The lowest BCUT2D eigenvalue weighted by Gasteiger charge is -2.01. The van der Waals surface area contributed by atoms with Crippen molar-refractivity contribution in [2.24, 2.45) is 5.92 Å². The summed E-state index contributed by atoms with van der Waals surface area (Å²) >= 11 is 0. The second-order valence-corrected chi connectivity index (χ2v) is 3.29. The molecule has 0 aromatic carbocycles. The van der Waals surface area contributed by atoms with Gasteiger partial charge in [0.1, 0.15) is 0 Å². The van der Waals surface area contributed by atoms with Crippen LogP contribution in [-0.4, -0.2) is 15.3 Å². The highest BCUT2D eigenvalue weighted by Crippen LogP contribution is 2.29. The molecular weight excluding hydrogens is 168 g/mol. The summed E-state index contributed by atoms with van der Waals surface area (Å²) in [6.45, 7) is 0.178. The van der Waals surface area contributed by atoms with Gasteiger partial charge in [-0.15, -0.1) is 0 Å². The van der Waals surface area contributed by atoms with Crippen LogP contribution in [0.3, 0.4) is 0 Å². The number of ketones is 1. The Morgan fingerprint density at radius 1 is 1.62 bits per heavy atom. The number of aromatic nitrogens is 2. The van der Waals surface area contributed by atoms with Crippen molar-refractivity contribution in [2.75, 3.05) is 0 Å². The molecule has 1 aromatic heterocycles. The SMILES string of the molecule is O=C(Cn1cnccc1=O)C1CC1. The Labute approximate surface area is 75.2 Å².